The Morgan fingerprint density at radius 3 is 2.50 bits per heavy atom. The average molecular weight is 328 g/mol. The van der Waals surface area contributed by atoms with Crippen LogP contribution in [0.2, 0.25) is 0 Å². The molecule has 96 valence electrons. The maximum Gasteiger partial charge on any atom is 0.133 e. The molecule has 0 saturated carbocycles. The highest BCUT2D eigenvalue weighted by atomic mass is 79.9. The third kappa shape index (κ3) is 2.53. The van der Waals surface area contributed by atoms with Crippen LogP contribution in [0.15, 0.2) is 33.4 Å². The van der Waals surface area contributed by atoms with E-state index in [-0.39, 0.29) is 6.04 Å². The first-order valence-corrected chi connectivity index (χ1v) is 7.10. The SMILES string of the molecule is COc1cc(C(N)c2ccsc2)c(OC)cc1Br. The largest absolute Gasteiger partial charge is 0.496 e. The standard InChI is InChI=1S/C13H14BrNO2S/c1-16-11-6-10(14)12(17-2)5-9(11)13(15)8-3-4-18-7-8/h3-7,13H,15H2,1-2H3. The molecule has 0 fully saturated rings. The molecule has 2 rings (SSSR count). The normalized spacial score (nSPS) is 12.2. The molecule has 0 radical (unpaired) electrons. The lowest BCUT2D eigenvalue weighted by Gasteiger charge is -2.17. The van der Waals surface area contributed by atoms with Crippen LogP contribution in [-0.4, -0.2) is 14.2 Å². The van der Waals surface area contributed by atoms with Crippen LogP contribution < -0.4 is 15.2 Å². The van der Waals surface area contributed by atoms with Gasteiger partial charge in [-0.1, -0.05) is 0 Å². The zero-order chi connectivity index (χ0) is 13.1. The molecule has 1 aromatic carbocycles. The van der Waals surface area contributed by atoms with Crippen LogP contribution in [0.3, 0.4) is 0 Å². The van der Waals surface area contributed by atoms with Gasteiger partial charge >= 0.3 is 0 Å². The number of hydrogen-bond acceptors (Lipinski definition) is 4. The van der Waals surface area contributed by atoms with E-state index in [0.29, 0.717) is 0 Å². The van der Waals surface area contributed by atoms with Crippen molar-refractivity contribution in [2.45, 2.75) is 6.04 Å². The molecule has 1 unspecified atom stereocenters. The van der Waals surface area contributed by atoms with E-state index in [1.807, 2.05) is 29.0 Å². The molecule has 5 heteroatoms. The van der Waals surface area contributed by atoms with E-state index < -0.39 is 0 Å². The van der Waals surface area contributed by atoms with E-state index in [9.17, 15) is 0 Å². The number of nitrogens with two attached hydrogens (primary N) is 1. The highest BCUT2D eigenvalue weighted by Crippen LogP contribution is 2.37. The van der Waals surface area contributed by atoms with Gasteiger partial charge in [-0.25, -0.2) is 0 Å². The summed E-state index contributed by atoms with van der Waals surface area (Å²) in [6, 6.07) is 5.59. The molecule has 0 aliphatic heterocycles. The Morgan fingerprint density at radius 2 is 1.94 bits per heavy atom. The minimum absolute atomic E-state index is 0.215. The Bertz CT molecular complexity index is 528. The van der Waals surface area contributed by atoms with Gasteiger partial charge in [-0.3, -0.25) is 0 Å². The van der Waals surface area contributed by atoms with Gasteiger partial charge in [0.25, 0.3) is 0 Å². The summed E-state index contributed by atoms with van der Waals surface area (Å²) in [6.07, 6.45) is 0. The predicted molar refractivity (Wildman–Crippen MR) is 77.6 cm³/mol. The minimum atomic E-state index is -0.215. The third-order valence-electron chi connectivity index (χ3n) is 2.74. The Balaban J connectivity index is 2.48. The predicted octanol–water partition coefficient (Wildman–Crippen LogP) is 3.58. The number of rotatable bonds is 4. The number of hydrogen-bond donors (Lipinski definition) is 1. The van der Waals surface area contributed by atoms with Crippen LogP contribution in [0, 0.1) is 0 Å². The van der Waals surface area contributed by atoms with E-state index >= 15 is 0 Å². The first-order chi connectivity index (χ1) is 8.67. The number of thiophene rings is 1. The average Bonchev–Trinajstić information content (AvgIpc) is 2.91. The number of benzene rings is 1. The van der Waals surface area contributed by atoms with Crippen molar-refractivity contribution in [3.8, 4) is 11.5 Å². The fourth-order valence-corrected chi connectivity index (χ4v) is 2.94. The molecule has 0 bridgehead atoms. The van der Waals surface area contributed by atoms with Gasteiger partial charge in [0, 0.05) is 5.56 Å². The van der Waals surface area contributed by atoms with Gasteiger partial charge < -0.3 is 15.2 Å². The van der Waals surface area contributed by atoms with Crippen LogP contribution in [0.5, 0.6) is 11.5 Å². The Labute approximate surface area is 119 Å². The molecular weight excluding hydrogens is 314 g/mol. The highest BCUT2D eigenvalue weighted by molar-refractivity contribution is 9.10. The second-order valence-corrected chi connectivity index (χ2v) is 5.40. The van der Waals surface area contributed by atoms with Gasteiger partial charge in [-0.2, -0.15) is 11.3 Å². The van der Waals surface area contributed by atoms with E-state index in [1.165, 1.54) is 0 Å². The summed E-state index contributed by atoms with van der Waals surface area (Å²) in [5.74, 6) is 1.50. The van der Waals surface area contributed by atoms with Gasteiger partial charge in [0.1, 0.15) is 11.5 Å². The van der Waals surface area contributed by atoms with E-state index in [4.69, 9.17) is 15.2 Å². The highest BCUT2D eigenvalue weighted by Gasteiger charge is 2.17. The summed E-state index contributed by atoms with van der Waals surface area (Å²) in [4.78, 5) is 0. The van der Waals surface area contributed by atoms with Crippen LogP contribution in [0.25, 0.3) is 0 Å². The molecule has 0 aliphatic rings. The second-order valence-electron chi connectivity index (χ2n) is 3.76. The summed E-state index contributed by atoms with van der Waals surface area (Å²) < 4.78 is 11.5. The summed E-state index contributed by atoms with van der Waals surface area (Å²) >= 11 is 5.06. The van der Waals surface area contributed by atoms with Crippen molar-refractivity contribution in [1.82, 2.24) is 0 Å². The van der Waals surface area contributed by atoms with Crippen molar-refractivity contribution >= 4 is 27.3 Å². The van der Waals surface area contributed by atoms with Gasteiger partial charge in [-0.15, -0.1) is 0 Å². The Morgan fingerprint density at radius 1 is 1.22 bits per heavy atom. The van der Waals surface area contributed by atoms with Crippen molar-refractivity contribution in [1.29, 1.82) is 0 Å². The molecule has 0 spiro atoms. The van der Waals surface area contributed by atoms with Crippen molar-refractivity contribution in [3.63, 3.8) is 0 Å². The number of halogens is 1. The molecule has 3 nitrogen and oxygen atoms in total. The fraction of sp³-hybridized carbons (Fsp3) is 0.231. The maximum absolute atomic E-state index is 6.27. The molecule has 1 atom stereocenters. The summed E-state index contributed by atoms with van der Waals surface area (Å²) in [7, 11) is 3.27. The van der Waals surface area contributed by atoms with Crippen molar-refractivity contribution in [3.05, 3.63) is 44.6 Å². The molecular formula is C13H14BrNO2S. The number of ether oxygens (including phenoxy) is 2. The Hall–Kier alpha value is -1.04. The smallest absolute Gasteiger partial charge is 0.133 e. The number of methoxy groups -OCH3 is 2. The van der Waals surface area contributed by atoms with Crippen LogP contribution >= 0.6 is 27.3 Å². The molecule has 1 heterocycles. The minimum Gasteiger partial charge on any atom is -0.496 e. The van der Waals surface area contributed by atoms with E-state index in [0.717, 1.165) is 27.1 Å². The summed E-state index contributed by atoms with van der Waals surface area (Å²) in [5.41, 5.74) is 8.25. The van der Waals surface area contributed by atoms with Gasteiger partial charge in [0.05, 0.1) is 24.7 Å². The molecule has 1 aromatic heterocycles. The first-order valence-electron chi connectivity index (χ1n) is 5.36. The fourth-order valence-electron chi connectivity index (χ4n) is 1.76. The molecule has 0 aliphatic carbocycles. The van der Waals surface area contributed by atoms with Gasteiger partial charge in [0.2, 0.25) is 0 Å². The van der Waals surface area contributed by atoms with Crippen molar-refractivity contribution in [2.75, 3.05) is 14.2 Å². The molecule has 0 amide bonds. The quantitative estimate of drug-likeness (QED) is 0.933. The topological polar surface area (TPSA) is 44.5 Å². The molecule has 2 N–H and O–H groups in total. The molecule has 2 aromatic rings. The zero-order valence-corrected chi connectivity index (χ0v) is 12.5. The first kappa shape index (κ1) is 13.4. The monoisotopic (exact) mass is 327 g/mol. The summed E-state index contributed by atoms with van der Waals surface area (Å²) in [5, 5.41) is 4.05. The van der Waals surface area contributed by atoms with Crippen LogP contribution in [0.4, 0.5) is 0 Å². The maximum atomic E-state index is 6.27. The Kier molecular flexibility index (Phi) is 4.27. The molecule has 18 heavy (non-hydrogen) atoms. The summed E-state index contributed by atoms with van der Waals surface area (Å²) in [6.45, 7) is 0. The van der Waals surface area contributed by atoms with Crippen LogP contribution in [-0.2, 0) is 0 Å². The van der Waals surface area contributed by atoms with Gasteiger partial charge in [0.15, 0.2) is 0 Å². The van der Waals surface area contributed by atoms with Crippen LogP contribution in [0.1, 0.15) is 17.2 Å². The van der Waals surface area contributed by atoms with E-state index in [1.54, 1.807) is 25.6 Å². The van der Waals surface area contributed by atoms with Crippen molar-refractivity contribution in [2.24, 2.45) is 5.73 Å². The van der Waals surface area contributed by atoms with Gasteiger partial charge in [-0.05, 0) is 50.5 Å². The molecule has 0 saturated heterocycles. The lowest BCUT2D eigenvalue weighted by atomic mass is 10.0. The lowest BCUT2D eigenvalue weighted by Crippen LogP contribution is -2.12. The lowest BCUT2D eigenvalue weighted by molar-refractivity contribution is 0.395. The van der Waals surface area contributed by atoms with E-state index in [2.05, 4.69) is 15.9 Å². The second kappa shape index (κ2) is 5.73. The zero-order valence-electron chi connectivity index (χ0n) is 10.1. The third-order valence-corrected chi connectivity index (χ3v) is 4.06. The van der Waals surface area contributed by atoms with Crippen molar-refractivity contribution < 1.29 is 9.47 Å².